The van der Waals surface area contributed by atoms with Gasteiger partial charge in [-0.1, -0.05) is 35.3 Å². The molecule has 0 saturated carbocycles. The van der Waals surface area contributed by atoms with Crippen LogP contribution in [0.1, 0.15) is 11.1 Å². The molecule has 0 amide bonds. The maximum Gasteiger partial charge on any atom is 0.276 e. The molecule has 9 heteroatoms. The Bertz CT molecular complexity index is 1130. The van der Waals surface area contributed by atoms with E-state index >= 15 is 0 Å². The molecule has 0 aromatic heterocycles. The fourth-order valence-corrected chi connectivity index (χ4v) is 3.51. The Kier molecular flexibility index (Phi) is 7.20. The lowest BCUT2D eigenvalue weighted by Gasteiger charge is -2.11. The van der Waals surface area contributed by atoms with Gasteiger partial charge in [0.2, 0.25) is 0 Å². The first-order valence-electron chi connectivity index (χ1n) is 8.73. The van der Waals surface area contributed by atoms with Gasteiger partial charge in [0.25, 0.3) is 10.0 Å². The van der Waals surface area contributed by atoms with Crippen LogP contribution >= 0.6 is 23.2 Å². The number of rotatable bonds is 8. The molecule has 0 unspecified atom stereocenters. The van der Waals surface area contributed by atoms with Gasteiger partial charge >= 0.3 is 0 Å². The number of ether oxygens (including phenoxy) is 2. The summed E-state index contributed by atoms with van der Waals surface area (Å²) in [6, 6.07) is 18.3. The summed E-state index contributed by atoms with van der Waals surface area (Å²) in [6.45, 7) is 0.349. The highest BCUT2D eigenvalue weighted by atomic mass is 35.5. The summed E-state index contributed by atoms with van der Waals surface area (Å²) >= 11 is 11.7. The van der Waals surface area contributed by atoms with Crippen LogP contribution in [0.15, 0.2) is 76.7 Å². The van der Waals surface area contributed by atoms with E-state index in [0.29, 0.717) is 33.7 Å². The maximum atomic E-state index is 12.2. The summed E-state index contributed by atoms with van der Waals surface area (Å²) in [5.41, 5.74) is 1.59. The Morgan fingerprint density at radius 3 is 2.20 bits per heavy atom. The largest absolute Gasteiger partial charge is 0.493 e. The number of benzene rings is 3. The molecule has 0 aliphatic carbocycles. The first kappa shape index (κ1) is 22.0. The highest BCUT2D eigenvalue weighted by Gasteiger charge is 2.12. The minimum Gasteiger partial charge on any atom is -0.493 e. The predicted molar refractivity (Wildman–Crippen MR) is 118 cm³/mol. The molecule has 0 fully saturated rings. The van der Waals surface area contributed by atoms with E-state index in [1.165, 1.54) is 37.6 Å². The van der Waals surface area contributed by atoms with Crippen molar-refractivity contribution >= 4 is 39.4 Å². The van der Waals surface area contributed by atoms with E-state index in [-0.39, 0.29) is 4.90 Å². The zero-order valence-electron chi connectivity index (χ0n) is 15.9. The van der Waals surface area contributed by atoms with Crippen LogP contribution in [0.2, 0.25) is 10.0 Å². The van der Waals surface area contributed by atoms with Crippen LogP contribution in [0.5, 0.6) is 11.5 Å². The number of nitrogens with one attached hydrogen (secondary N) is 1. The molecule has 156 valence electrons. The quantitative estimate of drug-likeness (QED) is 0.380. The lowest BCUT2D eigenvalue weighted by atomic mass is 10.2. The lowest BCUT2D eigenvalue weighted by molar-refractivity contribution is 0.284. The molecule has 0 atom stereocenters. The fraction of sp³-hybridized carbons (Fsp3) is 0.0952. The third-order valence-corrected chi connectivity index (χ3v) is 5.75. The molecule has 0 spiro atoms. The maximum absolute atomic E-state index is 12.2. The Hall–Kier alpha value is -2.74. The van der Waals surface area contributed by atoms with Crippen molar-refractivity contribution < 1.29 is 17.9 Å². The van der Waals surface area contributed by atoms with Gasteiger partial charge in [0.05, 0.1) is 18.2 Å². The number of hydrazone groups is 1. The van der Waals surface area contributed by atoms with Crippen LogP contribution in [0, 0.1) is 0 Å². The van der Waals surface area contributed by atoms with Gasteiger partial charge in [-0.15, -0.1) is 0 Å². The van der Waals surface area contributed by atoms with Crippen molar-refractivity contribution in [1.29, 1.82) is 0 Å². The molecule has 0 heterocycles. The second-order valence-corrected chi connectivity index (χ2v) is 8.67. The van der Waals surface area contributed by atoms with E-state index in [1.54, 1.807) is 30.3 Å². The van der Waals surface area contributed by atoms with Crippen molar-refractivity contribution in [3.05, 3.63) is 87.9 Å². The molecular weight excluding hydrogens is 447 g/mol. The summed E-state index contributed by atoms with van der Waals surface area (Å²) in [5, 5.41) is 4.92. The molecule has 0 aliphatic rings. The lowest BCUT2D eigenvalue weighted by Crippen LogP contribution is -2.18. The summed E-state index contributed by atoms with van der Waals surface area (Å²) in [6.07, 6.45) is 1.37. The van der Waals surface area contributed by atoms with E-state index in [1.807, 2.05) is 12.1 Å². The van der Waals surface area contributed by atoms with Gasteiger partial charge < -0.3 is 9.47 Å². The minimum absolute atomic E-state index is 0.0626. The van der Waals surface area contributed by atoms with Crippen LogP contribution in [0.25, 0.3) is 0 Å². The number of hydrogen-bond acceptors (Lipinski definition) is 5. The van der Waals surface area contributed by atoms with Gasteiger partial charge in [-0.3, -0.25) is 0 Å². The van der Waals surface area contributed by atoms with E-state index in [9.17, 15) is 8.42 Å². The van der Waals surface area contributed by atoms with Crippen LogP contribution in [-0.4, -0.2) is 21.7 Å². The number of hydrogen-bond donors (Lipinski definition) is 1. The van der Waals surface area contributed by atoms with Crippen molar-refractivity contribution in [2.45, 2.75) is 11.5 Å². The molecule has 0 aliphatic heterocycles. The van der Waals surface area contributed by atoms with Crippen molar-refractivity contribution in [1.82, 2.24) is 4.83 Å². The van der Waals surface area contributed by atoms with E-state index in [0.717, 1.165) is 5.56 Å². The highest BCUT2D eigenvalue weighted by Crippen LogP contribution is 2.28. The normalized spacial score (nSPS) is 11.4. The number of nitrogens with zero attached hydrogens (tertiary/aromatic N) is 1. The van der Waals surface area contributed by atoms with E-state index in [4.69, 9.17) is 32.7 Å². The minimum atomic E-state index is -3.79. The van der Waals surface area contributed by atoms with E-state index < -0.39 is 10.0 Å². The smallest absolute Gasteiger partial charge is 0.276 e. The molecule has 3 rings (SSSR count). The van der Waals surface area contributed by atoms with Crippen molar-refractivity contribution in [3.63, 3.8) is 0 Å². The molecule has 0 saturated heterocycles. The summed E-state index contributed by atoms with van der Waals surface area (Å²) in [5.74, 6) is 1.04. The SMILES string of the molecule is COc1cc(/C=N\NS(=O)(=O)c2ccc(Cl)cc2)ccc1OCc1ccc(Cl)cc1. The van der Waals surface area contributed by atoms with Gasteiger partial charge in [0.1, 0.15) is 6.61 Å². The van der Waals surface area contributed by atoms with Gasteiger partial charge in [-0.2, -0.15) is 13.5 Å². The van der Waals surface area contributed by atoms with Gasteiger partial charge in [-0.05, 0) is 65.7 Å². The Labute approximate surface area is 185 Å². The van der Waals surface area contributed by atoms with Gasteiger partial charge in [0.15, 0.2) is 11.5 Å². The Morgan fingerprint density at radius 2 is 1.57 bits per heavy atom. The number of halogens is 2. The fourth-order valence-electron chi connectivity index (χ4n) is 2.46. The van der Waals surface area contributed by atoms with Crippen LogP contribution in [0.4, 0.5) is 0 Å². The van der Waals surface area contributed by atoms with Gasteiger partial charge in [0, 0.05) is 10.0 Å². The average molecular weight is 465 g/mol. The molecule has 3 aromatic rings. The molecule has 0 bridgehead atoms. The predicted octanol–water partition coefficient (Wildman–Crippen LogP) is 4.89. The number of methoxy groups -OCH3 is 1. The molecule has 0 radical (unpaired) electrons. The summed E-state index contributed by atoms with van der Waals surface area (Å²) < 4.78 is 35.6. The van der Waals surface area contributed by atoms with Crippen LogP contribution in [-0.2, 0) is 16.6 Å². The van der Waals surface area contributed by atoms with Crippen molar-refractivity contribution in [2.24, 2.45) is 5.10 Å². The average Bonchev–Trinajstić information content (AvgIpc) is 2.74. The van der Waals surface area contributed by atoms with Crippen LogP contribution < -0.4 is 14.3 Å². The topological polar surface area (TPSA) is 77.0 Å². The molecular formula is C21H18Cl2N2O4S. The molecule has 6 nitrogen and oxygen atoms in total. The third-order valence-electron chi connectivity index (χ3n) is 4.01. The number of sulfonamides is 1. The monoisotopic (exact) mass is 464 g/mol. The first-order valence-corrected chi connectivity index (χ1v) is 11.0. The first-order chi connectivity index (χ1) is 14.4. The molecule has 3 aromatic carbocycles. The highest BCUT2D eigenvalue weighted by molar-refractivity contribution is 7.89. The second kappa shape index (κ2) is 9.84. The summed E-state index contributed by atoms with van der Waals surface area (Å²) in [7, 11) is -2.26. The third kappa shape index (κ3) is 5.89. The van der Waals surface area contributed by atoms with Crippen LogP contribution in [0.3, 0.4) is 0 Å². The van der Waals surface area contributed by atoms with Crippen molar-refractivity contribution in [2.75, 3.05) is 7.11 Å². The second-order valence-electron chi connectivity index (χ2n) is 6.13. The Morgan fingerprint density at radius 1 is 0.933 bits per heavy atom. The zero-order valence-corrected chi connectivity index (χ0v) is 18.2. The standard InChI is InChI=1S/C21H18Cl2N2O4S/c1-28-21-12-16(4-11-20(21)29-14-15-2-5-17(22)6-3-15)13-24-25-30(26,27)19-9-7-18(23)8-10-19/h2-13,25H,14H2,1H3/b24-13-. The van der Waals surface area contributed by atoms with E-state index in [2.05, 4.69) is 9.93 Å². The molecule has 1 N–H and O–H groups in total. The van der Waals surface area contributed by atoms with Crippen molar-refractivity contribution in [3.8, 4) is 11.5 Å². The van der Waals surface area contributed by atoms with Gasteiger partial charge in [-0.25, -0.2) is 4.83 Å². The summed E-state index contributed by atoms with van der Waals surface area (Å²) in [4.78, 5) is 2.22. The Balaban J connectivity index is 1.66. The molecule has 30 heavy (non-hydrogen) atoms. The zero-order chi connectivity index (χ0) is 21.6.